The minimum atomic E-state index is -3.99. The maximum atomic E-state index is 12.7. The van der Waals surface area contributed by atoms with Crippen LogP contribution in [0.15, 0.2) is 71.6 Å². The number of hydrogen-bond acceptors (Lipinski definition) is 4. The van der Waals surface area contributed by atoms with Crippen LogP contribution in [0, 0.1) is 0 Å². The van der Waals surface area contributed by atoms with E-state index in [1.165, 1.54) is 12.1 Å². The Morgan fingerprint density at radius 1 is 0.963 bits per heavy atom. The summed E-state index contributed by atoms with van der Waals surface area (Å²) < 4.78 is 27.7. The molecule has 3 rings (SSSR count). The highest BCUT2D eigenvalue weighted by atomic mass is 32.2. The van der Waals surface area contributed by atoms with Crippen molar-refractivity contribution < 1.29 is 18.3 Å². The first-order valence-corrected chi connectivity index (χ1v) is 9.89. The highest BCUT2D eigenvalue weighted by Crippen LogP contribution is 2.19. The normalized spacial score (nSPS) is 12.8. The summed E-state index contributed by atoms with van der Waals surface area (Å²) in [4.78, 5) is 11.7. The Morgan fingerprint density at radius 2 is 1.67 bits per heavy atom. The molecule has 4 N–H and O–H groups in total. The number of sulfonamides is 1. The van der Waals surface area contributed by atoms with Crippen LogP contribution < -0.4 is 10.5 Å². The van der Waals surface area contributed by atoms with Crippen molar-refractivity contribution in [3.05, 3.63) is 77.9 Å². The standard InChI is InChI=1S/C20H20N2O4S/c21-13-15-5-3-4-14(10-15)11-19(20(23)24)22-27(25,26)18-9-8-16-6-1-2-7-17(16)12-18/h1-10,12,19,22H,11,13,21H2,(H,23,24)/t19-/m0/s1. The molecule has 27 heavy (non-hydrogen) atoms. The quantitative estimate of drug-likeness (QED) is 0.579. The molecule has 0 fully saturated rings. The number of carbonyl (C=O) groups is 1. The van der Waals surface area contributed by atoms with Crippen molar-refractivity contribution in [2.45, 2.75) is 23.9 Å². The van der Waals surface area contributed by atoms with E-state index < -0.39 is 22.0 Å². The molecule has 0 heterocycles. The number of carboxylic acids is 1. The van der Waals surface area contributed by atoms with Gasteiger partial charge in [0, 0.05) is 6.54 Å². The van der Waals surface area contributed by atoms with Gasteiger partial charge in [-0.15, -0.1) is 0 Å². The first-order valence-electron chi connectivity index (χ1n) is 8.41. The molecule has 140 valence electrons. The van der Waals surface area contributed by atoms with Gasteiger partial charge in [0.15, 0.2) is 0 Å². The van der Waals surface area contributed by atoms with E-state index in [-0.39, 0.29) is 11.3 Å². The predicted octanol–water partition coefficient (Wildman–Crippen LogP) is 2.27. The zero-order valence-corrected chi connectivity index (χ0v) is 15.3. The van der Waals surface area contributed by atoms with Gasteiger partial charge in [0.05, 0.1) is 4.90 Å². The van der Waals surface area contributed by atoms with Crippen molar-refractivity contribution in [1.82, 2.24) is 4.72 Å². The molecule has 0 unspecified atom stereocenters. The molecule has 0 saturated carbocycles. The third-order valence-electron chi connectivity index (χ3n) is 4.29. The molecule has 0 aliphatic heterocycles. The molecule has 3 aromatic carbocycles. The summed E-state index contributed by atoms with van der Waals surface area (Å²) in [6.07, 6.45) is 0.0238. The molecule has 7 heteroatoms. The van der Waals surface area contributed by atoms with Crippen LogP contribution in [0.3, 0.4) is 0 Å². The predicted molar refractivity (Wildman–Crippen MR) is 104 cm³/mol. The SMILES string of the molecule is NCc1cccc(C[C@H](NS(=O)(=O)c2ccc3ccccc3c2)C(=O)O)c1. The fraction of sp³-hybridized carbons (Fsp3) is 0.150. The van der Waals surface area contributed by atoms with Crippen molar-refractivity contribution in [1.29, 1.82) is 0 Å². The Labute approximate surface area is 157 Å². The average Bonchev–Trinajstić information content (AvgIpc) is 2.67. The Kier molecular flexibility index (Phi) is 5.55. The van der Waals surface area contributed by atoms with Gasteiger partial charge >= 0.3 is 5.97 Å². The third-order valence-corrected chi connectivity index (χ3v) is 5.76. The lowest BCUT2D eigenvalue weighted by molar-refractivity contribution is -0.138. The van der Waals surface area contributed by atoms with Crippen LogP contribution in [-0.2, 0) is 27.8 Å². The second kappa shape index (κ2) is 7.87. The Morgan fingerprint density at radius 3 is 2.37 bits per heavy atom. The van der Waals surface area contributed by atoms with Crippen molar-refractivity contribution in [2.75, 3.05) is 0 Å². The van der Waals surface area contributed by atoms with E-state index in [1.54, 1.807) is 30.3 Å². The molecule has 0 aliphatic rings. The van der Waals surface area contributed by atoms with E-state index in [0.717, 1.165) is 16.3 Å². The molecule has 0 aromatic heterocycles. The number of nitrogens with two attached hydrogens (primary N) is 1. The van der Waals surface area contributed by atoms with Crippen LogP contribution >= 0.6 is 0 Å². The van der Waals surface area contributed by atoms with E-state index in [9.17, 15) is 18.3 Å². The van der Waals surface area contributed by atoms with E-state index in [1.807, 2.05) is 24.3 Å². The summed E-state index contributed by atoms with van der Waals surface area (Å²) in [6, 6.07) is 17.9. The smallest absolute Gasteiger partial charge is 0.322 e. The van der Waals surface area contributed by atoms with Gasteiger partial charge in [-0.05, 0) is 40.5 Å². The lowest BCUT2D eigenvalue weighted by Crippen LogP contribution is -2.42. The van der Waals surface area contributed by atoms with Gasteiger partial charge in [0.25, 0.3) is 0 Å². The first-order chi connectivity index (χ1) is 12.9. The lowest BCUT2D eigenvalue weighted by atomic mass is 10.0. The van der Waals surface area contributed by atoms with Gasteiger partial charge in [-0.2, -0.15) is 4.72 Å². The Hall–Kier alpha value is -2.74. The van der Waals surface area contributed by atoms with Gasteiger partial charge in [0.1, 0.15) is 6.04 Å². The summed E-state index contributed by atoms with van der Waals surface area (Å²) in [6.45, 7) is 0.328. The van der Waals surface area contributed by atoms with Crippen LogP contribution in [0.25, 0.3) is 10.8 Å². The second-order valence-corrected chi connectivity index (χ2v) is 7.96. The molecular formula is C20H20N2O4S. The average molecular weight is 384 g/mol. The summed E-state index contributed by atoms with van der Waals surface area (Å²) >= 11 is 0. The largest absolute Gasteiger partial charge is 0.480 e. The van der Waals surface area contributed by atoms with Gasteiger partial charge in [-0.3, -0.25) is 4.79 Å². The minimum absolute atomic E-state index is 0.0238. The number of fused-ring (bicyclic) bond motifs is 1. The minimum Gasteiger partial charge on any atom is -0.480 e. The van der Waals surface area contributed by atoms with Gasteiger partial charge in [0.2, 0.25) is 10.0 Å². The molecule has 0 amide bonds. The molecule has 3 aromatic rings. The molecule has 6 nitrogen and oxygen atoms in total. The summed E-state index contributed by atoms with van der Waals surface area (Å²) in [5.74, 6) is -1.24. The zero-order chi connectivity index (χ0) is 19.4. The topological polar surface area (TPSA) is 109 Å². The van der Waals surface area contributed by atoms with Crippen LogP contribution in [0.5, 0.6) is 0 Å². The van der Waals surface area contributed by atoms with Gasteiger partial charge in [-0.1, -0.05) is 54.6 Å². The number of nitrogens with one attached hydrogen (secondary N) is 1. The summed E-state index contributed by atoms with van der Waals surface area (Å²) in [5.41, 5.74) is 7.16. The molecule has 0 aliphatic carbocycles. The molecule has 0 bridgehead atoms. The number of hydrogen-bond donors (Lipinski definition) is 3. The Balaban J connectivity index is 1.86. The molecule has 0 saturated heterocycles. The number of carboxylic acid groups (broad SMARTS) is 1. The van der Waals surface area contributed by atoms with E-state index in [0.29, 0.717) is 12.1 Å². The Bertz CT molecular complexity index is 1080. The maximum absolute atomic E-state index is 12.7. The van der Waals surface area contributed by atoms with Crippen LogP contribution in [0.2, 0.25) is 0 Å². The van der Waals surface area contributed by atoms with Crippen LogP contribution in [0.4, 0.5) is 0 Å². The lowest BCUT2D eigenvalue weighted by Gasteiger charge is -2.16. The summed E-state index contributed by atoms with van der Waals surface area (Å²) in [5, 5.41) is 11.2. The fourth-order valence-corrected chi connectivity index (χ4v) is 4.11. The highest BCUT2D eigenvalue weighted by molar-refractivity contribution is 7.89. The molecule has 1 atom stereocenters. The molecule has 0 spiro atoms. The monoisotopic (exact) mass is 384 g/mol. The van der Waals surface area contributed by atoms with Crippen molar-refractivity contribution >= 4 is 26.8 Å². The maximum Gasteiger partial charge on any atom is 0.322 e. The van der Waals surface area contributed by atoms with Crippen molar-refractivity contribution in [3.8, 4) is 0 Å². The van der Waals surface area contributed by atoms with Gasteiger partial charge in [-0.25, -0.2) is 8.42 Å². The highest BCUT2D eigenvalue weighted by Gasteiger charge is 2.26. The van der Waals surface area contributed by atoms with E-state index in [4.69, 9.17) is 5.73 Å². The van der Waals surface area contributed by atoms with E-state index >= 15 is 0 Å². The first kappa shape index (κ1) is 19.0. The fourth-order valence-electron chi connectivity index (χ4n) is 2.89. The number of aliphatic carboxylic acids is 1. The third kappa shape index (κ3) is 4.51. The van der Waals surface area contributed by atoms with Crippen molar-refractivity contribution in [2.24, 2.45) is 5.73 Å². The van der Waals surface area contributed by atoms with Crippen LogP contribution in [-0.4, -0.2) is 25.5 Å². The number of benzene rings is 3. The molecule has 0 radical (unpaired) electrons. The van der Waals surface area contributed by atoms with Gasteiger partial charge < -0.3 is 10.8 Å². The molecular weight excluding hydrogens is 364 g/mol. The number of rotatable bonds is 7. The van der Waals surface area contributed by atoms with E-state index in [2.05, 4.69) is 4.72 Å². The van der Waals surface area contributed by atoms with Crippen LogP contribution in [0.1, 0.15) is 11.1 Å². The van der Waals surface area contributed by atoms with Crippen molar-refractivity contribution in [3.63, 3.8) is 0 Å². The zero-order valence-electron chi connectivity index (χ0n) is 14.5. The summed E-state index contributed by atoms with van der Waals surface area (Å²) in [7, 11) is -3.99. The second-order valence-electron chi connectivity index (χ2n) is 6.25.